The lowest BCUT2D eigenvalue weighted by Crippen LogP contribution is -1.94. The molecule has 0 saturated heterocycles. The minimum Gasteiger partial charge on any atom is -0.101 e. The third-order valence-corrected chi connectivity index (χ3v) is 8.91. The second-order valence-corrected chi connectivity index (χ2v) is 10.7. The minimum absolute atomic E-state index is 1.12. The summed E-state index contributed by atoms with van der Waals surface area (Å²) in [5, 5.41) is 20.6. The highest BCUT2D eigenvalue weighted by atomic mass is 14.2. The highest BCUT2D eigenvalue weighted by Gasteiger charge is 2.21. The number of hydrogen-bond donors (Lipinski definition) is 0. The average Bonchev–Trinajstić information content (AvgIpc) is 3.01. The van der Waals surface area contributed by atoms with Gasteiger partial charge in [-0.05, 0) is 100 Å². The molecule has 0 unspecified atom stereocenters. The largest absolute Gasteiger partial charge is 0.101 e. The van der Waals surface area contributed by atoms with E-state index in [4.69, 9.17) is 0 Å². The van der Waals surface area contributed by atoms with Crippen molar-refractivity contribution in [2.45, 2.75) is 13.8 Å². The Morgan fingerprint density at radius 1 is 0.300 bits per heavy atom. The molecule has 0 bridgehead atoms. The van der Waals surface area contributed by atoms with Gasteiger partial charge in [0.25, 0.3) is 0 Å². The van der Waals surface area contributed by atoms with Crippen molar-refractivity contribution in [3.05, 3.63) is 108 Å². The van der Waals surface area contributed by atoms with E-state index in [-0.39, 0.29) is 0 Å². The van der Waals surface area contributed by atoms with Gasteiger partial charge in [0, 0.05) is 11.1 Å². The highest BCUT2D eigenvalue weighted by molar-refractivity contribution is 6.42. The fraction of sp³-hybridized carbons (Fsp3) is 0.0500. The zero-order valence-corrected chi connectivity index (χ0v) is 22.2. The third-order valence-electron chi connectivity index (χ3n) is 8.91. The van der Waals surface area contributed by atoms with Crippen LogP contribution in [0.2, 0.25) is 0 Å². The Hall–Kier alpha value is -5.30. The van der Waals surface area contributed by atoms with Gasteiger partial charge in [-0.15, -0.1) is 11.8 Å². The van der Waals surface area contributed by atoms with Crippen LogP contribution in [-0.2, 0) is 0 Å². The van der Waals surface area contributed by atoms with Crippen molar-refractivity contribution >= 4 is 86.2 Å². The van der Waals surface area contributed by atoms with Gasteiger partial charge < -0.3 is 0 Å². The molecule has 0 nitrogen and oxygen atoms in total. The quantitative estimate of drug-likeness (QED) is 0.110. The molecule has 40 heavy (non-hydrogen) atoms. The molecule has 9 aromatic carbocycles. The van der Waals surface area contributed by atoms with Crippen LogP contribution < -0.4 is 0 Å². The molecule has 0 heterocycles. The third kappa shape index (κ3) is 2.50. The van der Waals surface area contributed by atoms with Gasteiger partial charge in [-0.3, -0.25) is 0 Å². The van der Waals surface area contributed by atoms with Gasteiger partial charge in [0.2, 0.25) is 0 Å². The van der Waals surface area contributed by atoms with Gasteiger partial charge in [0.15, 0.2) is 0 Å². The van der Waals surface area contributed by atoms with Crippen molar-refractivity contribution in [3.63, 3.8) is 0 Å². The summed E-state index contributed by atoms with van der Waals surface area (Å²) in [4.78, 5) is 0. The molecule has 0 aliphatic heterocycles. The Morgan fingerprint density at radius 2 is 0.575 bits per heavy atom. The summed E-state index contributed by atoms with van der Waals surface area (Å²) in [6.45, 7) is 3.86. The molecule has 0 saturated carbocycles. The smallest absolute Gasteiger partial charge is 0.0402 e. The molecule has 0 fully saturated rings. The summed E-state index contributed by atoms with van der Waals surface area (Å²) in [5.74, 6) is 13.3. The topological polar surface area (TPSA) is 0 Å². The van der Waals surface area contributed by atoms with E-state index in [2.05, 4.69) is 121 Å². The molecule has 0 aliphatic rings. The van der Waals surface area contributed by atoms with Crippen LogP contribution in [0.15, 0.2) is 97.1 Å². The van der Waals surface area contributed by atoms with E-state index in [1.807, 2.05) is 13.8 Å². The lowest BCUT2D eigenvalue weighted by Gasteiger charge is -2.21. The summed E-state index contributed by atoms with van der Waals surface area (Å²) >= 11 is 0. The maximum atomic E-state index is 3.46. The normalized spacial score (nSPS) is 11.8. The molecule has 9 aromatic rings. The Morgan fingerprint density at radius 3 is 0.925 bits per heavy atom. The van der Waals surface area contributed by atoms with Gasteiger partial charge in [-0.2, -0.15) is 0 Å². The second-order valence-electron chi connectivity index (χ2n) is 10.7. The standard InChI is InChI=1S/C40H22/c1-3-9-23-25-11-5-7-13-27(25)31-17-21-35-34-20-16-30-24(10-4-2)26-12-6-8-14-28(26)32-18-22-36(40(34)38(30)32)33-19-15-29(23)37(31)39(33)35/h5-8,11-22H,1-2H3. The van der Waals surface area contributed by atoms with E-state index in [0.717, 1.165) is 11.1 Å². The maximum Gasteiger partial charge on any atom is 0.0402 e. The van der Waals surface area contributed by atoms with Crippen molar-refractivity contribution < 1.29 is 0 Å². The van der Waals surface area contributed by atoms with Gasteiger partial charge in [0.1, 0.15) is 0 Å². The molecule has 0 radical (unpaired) electrons. The van der Waals surface area contributed by atoms with E-state index in [1.165, 1.54) is 86.2 Å². The summed E-state index contributed by atoms with van der Waals surface area (Å²) < 4.78 is 0. The minimum atomic E-state index is 1.12. The molecule has 0 spiro atoms. The number of rotatable bonds is 0. The van der Waals surface area contributed by atoms with Crippen LogP contribution in [0, 0.1) is 23.7 Å². The first-order valence-corrected chi connectivity index (χ1v) is 13.8. The van der Waals surface area contributed by atoms with E-state index in [9.17, 15) is 0 Å². The summed E-state index contributed by atoms with van der Waals surface area (Å²) in [7, 11) is 0. The first-order chi connectivity index (χ1) is 19.8. The van der Waals surface area contributed by atoms with Crippen LogP contribution >= 0.6 is 0 Å². The van der Waals surface area contributed by atoms with Crippen molar-refractivity contribution in [1.29, 1.82) is 0 Å². The van der Waals surface area contributed by atoms with E-state index in [1.54, 1.807) is 0 Å². The van der Waals surface area contributed by atoms with Crippen molar-refractivity contribution in [2.24, 2.45) is 0 Å². The Balaban J connectivity index is 1.59. The fourth-order valence-electron chi connectivity index (χ4n) is 7.44. The lowest BCUT2D eigenvalue weighted by molar-refractivity contribution is 1.75. The highest BCUT2D eigenvalue weighted by Crippen LogP contribution is 2.48. The zero-order valence-electron chi connectivity index (χ0n) is 22.2. The molecule has 182 valence electrons. The molecule has 0 N–H and O–H groups in total. The second kappa shape index (κ2) is 7.64. The van der Waals surface area contributed by atoms with Crippen LogP contribution in [0.3, 0.4) is 0 Å². The molecule has 0 heteroatoms. The Bertz CT molecular complexity index is 2450. The molecule has 0 aliphatic carbocycles. The molecular formula is C40H22. The Labute approximate surface area is 231 Å². The first kappa shape index (κ1) is 21.6. The van der Waals surface area contributed by atoms with E-state index >= 15 is 0 Å². The summed E-state index contributed by atoms with van der Waals surface area (Å²) in [6, 6.07) is 36.0. The van der Waals surface area contributed by atoms with Gasteiger partial charge in [-0.25, -0.2) is 0 Å². The number of fused-ring (bicyclic) bond motifs is 6. The number of hydrogen-bond acceptors (Lipinski definition) is 0. The van der Waals surface area contributed by atoms with E-state index < -0.39 is 0 Å². The van der Waals surface area contributed by atoms with Crippen molar-refractivity contribution in [1.82, 2.24) is 0 Å². The van der Waals surface area contributed by atoms with Crippen LogP contribution in [0.4, 0.5) is 0 Å². The van der Waals surface area contributed by atoms with Crippen LogP contribution in [0.25, 0.3) is 86.2 Å². The van der Waals surface area contributed by atoms with E-state index in [0.29, 0.717) is 0 Å². The van der Waals surface area contributed by atoms with Gasteiger partial charge >= 0.3 is 0 Å². The van der Waals surface area contributed by atoms with Gasteiger partial charge in [-0.1, -0.05) is 109 Å². The van der Waals surface area contributed by atoms with Crippen LogP contribution in [0.5, 0.6) is 0 Å². The van der Waals surface area contributed by atoms with Crippen molar-refractivity contribution in [2.75, 3.05) is 0 Å². The lowest BCUT2D eigenvalue weighted by atomic mass is 9.82. The number of benzene rings is 9. The molecular weight excluding hydrogens is 480 g/mol. The summed E-state index contributed by atoms with van der Waals surface area (Å²) in [5.41, 5.74) is 2.25. The molecule has 0 atom stereocenters. The predicted octanol–water partition coefficient (Wildman–Crippen LogP) is 10.5. The average molecular weight is 503 g/mol. The summed E-state index contributed by atoms with van der Waals surface area (Å²) in [6.07, 6.45) is 0. The molecule has 0 amide bonds. The van der Waals surface area contributed by atoms with Crippen molar-refractivity contribution in [3.8, 4) is 23.7 Å². The fourth-order valence-corrected chi connectivity index (χ4v) is 7.44. The van der Waals surface area contributed by atoms with Gasteiger partial charge in [0.05, 0.1) is 0 Å². The Kier molecular flexibility index (Phi) is 4.13. The van der Waals surface area contributed by atoms with Crippen LogP contribution in [0.1, 0.15) is 25.0 Å². The maximum absolute atomic E-state index is 3.46. The first-order valence-electron chi connectivity index (χ1n) is 13.8. The SMILES string of the molecule is CC#Cc1c2ccccc2c2ccc3c4ccc5c(C#CC)c6ccccc6c6ccc(c7ccc1c2c73)c4c56. The van der Waals surface area contributed by atoms with Crippen LogP contribution in [-0.4, -0.2) is 0 Å². The predicted molar refractivity (Wildman–Crippen MR) is 174 cm³/mol. The monoisotopic (exact) mass is 502 g/mol. The molecule has 9 rings (SSSR count). The molecule has 0 aromatic heterocycles. The zero-order chi connectivity index (χ0) is 26.5.